The van der Waals surface area contributed by atoms with Crippen LogP contribution in [0.1, 0.15) is 26.3 Å². The van der Waals surface area contributed by atoms with Gasteiger partial charge in [0, 0.05) is 45.3 Å². The number of aryl methyl sites for hydroxylation is 1. The molecule has 0 bridgehead atoms. The number of benzene rings is 4. The van der Waals surface area contributed by atoms with Gasteiger partial charge in [0.05, 0.1) is 4.92 Å². The quantitative estimate of drug-likeness (QED) is 0.0615. The molecule has 248 valence electrons. The van der Waals surface area contributed by atoms with Gasteiger partial charge < -0.3 is 35.0 Å². The van der Waals surface area contributed by atoms with Crippen molar-refractivity contribution in [1.82, 2.24) is 19.9 Å². The van der Waals surface area contributed by atoms with Gasteiger partial charge in [0.25, 0.3) is 12.2 Å². The lowest BCUT2D eigenvalue weighted by atomic mass is 10.2. The van der Waals surface area contributed by atoms with E-state index >= 15 is 0 Å². The molecule has 8 aromatic rings. The van der Waals surface area contributed by atoms with E-state index in [2.05, 4.69) is 30.7 Å². The van der Waals surface area contributed by atoms with Crippen LogP contribution in [0, 0.1) is 17.0 Å². The number of hydrogen-bond donors (Lipinski definition) is 4. The van der Waals surface area contributed by atoms with Gasteiger partial charge in [-0.25, -0.2) is 9.97 Å². The Kier molecular flexibility index (Phi) is 8.49. The number of nitro groups is 1. The van der Waals surface area contributed by atoms with E-state index in [1.807, 2.05) is 76.2 Å². The number of fused-ring (bicyclic) bond motifs is 4. The molecular formula is C36H33N7O6. The number of hydrogen-bond acceptors (Lipinski definition) is 10. The Labute approximate surface area is 279 Å². The smallest absolute Gasteiger partial charge is 0.293 e. The minimum absolute atomic E-state index is 0.000350. The first-order chi connectivity index (χ1) is 23.3. The van der Waals surface area contributed by atoms with Crippen molar-refractivity contribution in [3.63, 3.8) is 0 Å². The maximum absolute atomic E-state index is 10.8. The number of oxazole rings is 2. The normalized spacial score (nSPS) is 11.3. The van der Waals surface area contributed by atoms with Crippen molar-refractivity contribution in [3.8, 4) is 23.2 Å². The topological polar surface area (TPSA) is 205 Å². The highest BCUT2D eigenvalue weighted by molar-refractivity contribution is 5.89. The summed E-state index contributed by atoms with van der Waals surface area (Å²) in [7, 11) is 0. The zero-order valence-corrected chi connectivity index (χ0v) is 27.1. The molecule has 4 aromatic carbocycles. The standard InChI is InChI=1S/C16H11N3O3.C15H12N4O.C5H10O2/c1-9-2-4-12-10(6-9)7-14(17-12)16-18-13-8-11(19(20)21)3-5-15(13)22-16;16-9-1-3-11-8(5-9)6-13(18-11)15-19-12-7-10(17)2-4-14(12)20-15;1-5(2,3)7-4-6/h2-8,17H,1H3;1-7,18H,16-17H2;4H,1-3H3. The monoisotopic (exact) mass is 659 g/mol. The van der Waals surface area contributed by atoms with Crippen molar-refractivity contribution in [2.75, 3.05) is 11.5 Å². The molecule has 0 radical (unpaired) electrons. The molecule has 4 heterocycles. The van der Waals surface area contributed by atoms with Gasteiger partial charge >= 0.3 is 0 Å². The SMILES string of the molecule is CC(C)(C)OC=O.Cc1ccc2[nH]c(-c3nc4cc([N+](=O)[O-])ccc4o3)cc2c1.Nc1ccc2[nH]c(-c3nc4cc(N)ccc4o3)cc2c1. The van der Waals surface area contributed by atoms with E-state index in [1.54, 1.807) is 18.2 Å². The van der Waals surface area contributed by atoms with Gasteiger partial charge in [0.15, 0.2) is 11.2 Å². The zero-order valence-electron chi connectivity index (χ0n) is 27.1. The summed E-state index contributed by atoms with van der Waals surface area (Å²) >= 11 is 0. The minimum atomic E-state index is -0.445. The highest BCUT2D eigenvalue weighted by atomic mass is 16.6. The summed E-state index contributed by atoms with van der Waals surface area (Å²) in [6.07, 6.45) is 0. The van der Waals surface area contributed by atoms with Gasteiger partial charge in [-0.3, -0.25) is 14.9 Å². The average molecular weight is 660 g/mol. The third-order valence-corrected chi connectivity index (χ3v) is 7.28. The molecule has 49 heavy (non-hydrogen) atoms. The number of aromatic amines is 2. The van der Waals surface area contributed by atoms with Crippen LogP contribution in [0.15, 0.2) is 93.8 Å². The molecular weight excluding hydrogens is 626 g/mol. The van der Waals surface area contributed by atoms with Crippen LogP contribution in [0.2, 0.25) is 0 Å². The number of carbonyl (C=O) groups is 1. The van der Waals surface area contributed by atoms with Gasteiger partial charge in [0.2, 0.25) is 11.8 Å². The van der Waals surface area contributed by atoms with Crippen LogP contribution in [0.25, 0.3) is 67.2 Å². The second-order valence-electron chi connectivity index (χ2n) is 12.3. The maximum Gasteiger partial charge on any atom is 0.293 e. The number of nitrogens with zero attached hydrogens (tertiary/aromatic N) is 3. The molecule has 0 aliphatic carbocycles. The predicted octanol–water partition coefficient (Wildman–Crippen LogP) is 8.29. The van der Waals surface area contributed by atoms with Gasteiger partial charge in [-0.2, -0.15) is 0 Å². The molecule has 0 unspecified atom stereocenters. The van der Waals surface area contributed by atoms with Crippen molar-refractivity contribution in [2.45, 2.75) is 33.3 Å². The molecule has 0 amide bonds. The van der Waals surface area contributed by atoms with Crippen LogP contribution in [0.4, 0.5) is 17.1 Å². The predicted molar refractivity (Wildman–Crippen MR) is 190 cm³/mol. The first-order valence-electron chi connectivity index (χ1n) is 15.2. The molecule has 0 saturated carbocycles. The van der Waals surface area contributed by atoms with Crippen LogP contribution < -0.4 is 11.5 Å². The van der Waals surface area contributed by atoms with Crippen LogP contribution in [-0.4, -0.2) is 36.9 Å². The Morgan fingerprint density at radius 2 is 1.29 bits per heavy atom. The molecule has 0 saturated heterocycles. The van der Waals surface area contributed by atoms with Gasteiger partial charge in [-0.15, -0.1) is 0 Å². The van der Waals surface area contributed by atoms with E-state index in [9.17, 15) is 14.9 Å². The highest BCUT2D eigenvalue weighted by Gasteiger charge is 2.15. The maximum atomic E-state index is 10.8. The van der Waals surface area contributed by atoms with E-state index < -0.39 is 4.92 Å². The fourth-order valence-electron chi connectivity index (χ4n) is 4.98. The van der Waals surface area contributed by atoms with E-state index in [1.165, 1.54) is 17.7 Å². The second-order valence-corrected chi connectivity index (χ2v) is 12.3. The van der Waals surface area contributed by atoms with Crippen LogP contribution in [0.5, 0.6) is 0 Å². The van der Waals surface area contributed by atoms with Crippen LogP contribution in [-0.2, 0) is 9.53 Å². The fourth-order valence-corrected chi connectivity index (χ4v) is 4.98. The van der Waals surface area contributed by atoms with Crippen molar-refractivity contribution < 1.29 is 23.3 Å². The fraction of sp³-hybridized carbons (Fsp3) is 0.139. The number of ether oxygens (including phenoxy) is 1. The summed E-state index contributed by atoms with van der Waals surface area (Å²) in [6, 6.07) is 25.5. The van der Waals surface area contributed by atoms with E-state index in [4.69, 9.17) is 20.3 Å². The summed E-state index contributed by atoms with van der Waals surface area (Å²) in [5.41, 5.74) is 19.8. The molecule has 8 rings (SSSR count). The second kappa shape index (κ2) is 12.9. The van der Waals surface area contributed by atoms with E-state index in [-0.39, 0.29) is 11.3 Å². The minimum Gasteiger partial charge on any atom is -0.462 e. The Morgan fingerprint density at radius 3 is 1.86 bits per heavy atom. The molecule has 0 atom stereocenters. The lowest BCUT2D eigenvalue weighted by Crippen LogP contribution is -2.17. The van der Waals surface area contributed by atoms with Crippen molar-refractivity contribution in [1.29, 1.82) is 0 Å². The summed E-state index contributed by atoms with van der Waals surface area (Å²) in [4.78, 5) is 35.3. The molecule has 0 aliphatic rings. The molecule has 0 spiro atoms. The lowest BCUT2D eigenvalue weighted by molar-refractivity contribution is -0.384. The number of rotatable bonds is 4. The Morgan fingerprint density at radius 1 is 0.755 bits per heavy atom. The van der Waals surface area contributed by atoms with Crippen molar-refractivity contribution in [2.24, 2.45) is 0 Å². The van der Waals surface area contributed by atoms with Gasteiger partial charge in [-0.05, 0) is 94.4 Å². The van der Waals surface area contributed by atoms with Crippen LogP contribution >= 0.6 is 0 Å². The molecule has 13 nitrogen and oxygen atoms in total. The Bertz CT molecular complexity index is 2390. The third kappa shape index (κ3) is 7.36. The zero-order chi connectivity index (χ0) is 34.9. The van der Waals surface area contributed by atoms with Crippen molar-refractivity contribution >= 4 is 67.5 Å². The Hall–Kier alpha value is -6.63. The molecule has 4 aromatic heterocycles. The number of H-pyrrole nitrogens is 2. The van der Waals surface area contributed by atoms with Crippen molar-refractivity contribution in [3.05, 3.63) is 101 Å². The molecule has 0 fully saturated rings. The van der Waals surface area contributed by atoms with E-state index in [0.29, 0.717) is 40.6 Å². The van der Waals surface area contributed by atoms with Gasteiger partial charge in [-0.1, -0.05) is 11.6 Å². The first kappa shape index (κ1) is 32.3. The lowest BCUT2D eigenvalue weighted by Gasteiger charge is -2.14. The number of nitrogens with one attached hydrogen (secondary N) is 2. The molecule has 13 heteroatoms. The van der Waals surface area contributed by atoms with Gasteiger partial charge in [0.1, 0.15) is 28.0 Å². The summed E-state index contributed by atoms with van der Waals surface area (Å²) in [5.74, 6) is 0.963. The van der Waals surface area contributed by atoms with E-state index in [0.717, 1.165) is 44.4 Å². The highest BCUT2D eigenvalue weighted by Crippen LogP contribution is 2.30. The number of carbonyl (C=O) groups excluding carboxylic acids is 1. The number of anilines is 2. The average Bonchev–Trinajstić information content (AvgIpc) is 3.83. The summed E-state index contributed by atoms with van der Waals surface area (Å²) in [6.45, 7) is 7.95. The molecule has 0 aliphatic heterocycles. The number of aromatic nitrogens is 4. The first-order valence-corrected chi connectivity index (χ1v) is 15.2. The van der Waals surface area contributed by atoms with Crippen LogP contribution in [0.3, 0.4) is 0 Å². The number of nitrogens with two attached hydrogens (primary N) is 2. The number of non-ortho nitro benzene ring substituents is 1. The Balaban J connectivity index is 0.000000144. The number of nitro benzene ring substituents is 1. The third-order valence-electron chi connectivity index (χ3n) is 7.28. The summed E-state index contributed by atoms with van der Waals surface area (Å²) in [5, 5.41) is 12.9. The summed E-state index contributed by atoms with van der Waals surface area (Å²) < 4.78 is 16.0. The molecule has 6 N–H and O–H groups in total. The largest absolute Gasteiger partial charge is 0.462 e. The number of nitrogen functional groups attached to an aromatic ring is 2.